The van der Waals surface area contributed by atoms with Crippen LogP contribution in [0.4, 0.5) is 0 Å². The number of rotatable bonds is 3. The van der Waals surface area contributed by atoms with E-state index < -0.39 is 17.5 Å². The van der Waals surface area contributed by atoms with Gasteiger partial charge in [0.25, 0.3) is 0 Å². The van der Waals surface area contributed by atoms with Crippen molar-refractivity contribution in [2.45, 2.75) is 33.3 Å². The summed E-state index contributed by atoms with van der Waals surface area (Å²) in [5, 5.41) is 30.6. The highest BCUT2D eigenvalue weighted by atomic mass is 16.6. The molecule has 6 nitrogen and oxygen atoms in total. The molecule has 31 heavy (non-hydrogen) atoms. The van der Waals surface area contributed by atoms with E-state index in [4.69, 9.17) is 4.74 Å². The molecule has 3 aromatic rings. The highest BCUT2D eigenvalue weighted by Crippen LogP contribution is 2.51. The molecule has 1 heterocycles. The fraction of sp³-hybridized carbons (Fsp3) is 0.200. The van der Waals surface area contributed by atoms with Gasteiger partial charge < -0.3 is 20.1 Å². The molecule has 6 heteroatoms. The van der Waals surface area contributed by atoms with Crippen LogP contribution in [0.5, 0.6) is 11.5 Å². The summed E-state index contributed by atoms with van der Waals surface area (Å²) in [6.45, 7) is 7.19. The molecule has 0 radical (unpaired) electrons. The smallest absolute Gasteiger partial charge is 0.341 e. The van der Waals surface area contributed by atoms with Crippen molar-refractivity contribution in [1.82, 2.24) is 0 Å². The maximum atomic E-state index is 13.1. The standard InChI is InChI=1S/C25H22O6/c1-12-8-14(3)20(26)10-18(12)25(19-11-21(27)15(4)9-13(19)2)17-7-5-6-16(23(28)29)22(17)24(30)31-25/h5-11,26-27H,1-4H3,(H,28,29). The highest BCUT2D eigenvalue weighted by molar-refractivity contribution is 6.06. The van der Waals surface area contributed by atoms with Crippen LogP contribution in [0.3, 0.4) is 0 Å². The largest absolute Gasteiger partial charge is 0.508 e. The van der Waals surface area contributed by atoms with Gasteiger partial charge in [0.05, 0.1) is 11.1 Å². The minimum atomic E-state index is -1.53. The number of fused-ring (bicyclic) bond motifs is 1. The quantitative estimate of drug-likeness (QED) is 0.542. The summed E-state index contributed by atoms with van der Waals surface area (Å²) in [4.78, 5) is 24.9. The summed E-state index contributed by atoms with van der Waals surface area (Å²) in [5.41, 5.74) is 2.44. The first-order chi connectivity index (χ1) is 14.6. The molecule has 0 aromatic heterocycles. The lowest BCUT2D eigenvalue weighted by Crippen LogP contribution is -2.31. The molecule has 0 fully saturated rings. The second-order valence-electron chi connectivity index (χ2n) is 8.01. The summed E-state index contributed by atoms with van der Waals surface area (Å²) < 4.78 is 6.01. The van der Waals surface area contributed by atoms with Gasteiger partial charge in [-0.25, -0.2) is 9.59 Å². The Morgan fingerprint density at radius 2 is 1.32 bits per heavy atom. The lowest BCUT2D eigenvalue weighted by atomic mass is 9.75. The zero-order chi connectivity index (χ0) is 22.7. The van der Waals surface area contributed by atoms with E-state index in [0.717, 1.165) is 11.1 Å². The minimum Gasteiger partial charge on any atom is -0.508 e. The molecule has 0 saturated heterocycles. The normalized spacial score (nSPS) is 14.3. The number of phenols is 2. The van der Waals surface area contributed by atoms with E-state index in [1.807, 2.05) is 13.8 Å². The lowest BCUT2D eigenvalue weighted by Gasteiger charge is -2.33. The van der Waals surface area contributed by atoms with Gasteiger partial charge in [-0.2, -0.15) is 0 Å². The van der Waals surface area contributed by atoms with Crippen LogP contribution >= 0.6 is 0 Å². The van der Waals surface area contributed by atoms with Crippen LogP contribution in [-0.4, -0.2) is 27.3 Å². The van der Waals surface area contributed by atoms with Gasteiger partial charge in [0.2, 0.25) is 0 Å². The average Bonchev–Trinajstić information content (AvgIpc) is 3.01. The number of hydrogen-bond acceptors (Lipinski definition) is 5. The number of carboxylic acids is 1. The predicted molar refractivity (Wildman–Crippen MR) is 114 cm³/mol. The van der Waals surface area contributed by atoms with E-state index >= 15 is 0 Å². The molecule has 0 atom stereocenters. The Bertz CT molecular complexity index is 1210. The van der Waals surface area contributed by atoms with Gasteiger partial charge in [-0.1, -0.05) is 24.3 Å². The van der Waals surface area contributed by atoms with Crippen molar-refractivity contribution in [2.75, 3.05) is 0 Å². The Hall–Kier alpha value is -3.80. The number of aromatic hydroxyl groups is 2. The van der Waals surface area contributed by atoms with E-state index in [-0.39, 0.29) is 22.6 Å². The number of carboxylic acid groups (broad SMARTS) is 1. The Balaban J connectivity index is 2.19. The molecule has 3 aromatic carbocycles. The molecular weight excluding hydrogens is 396 g/mol. The molecule has 1 aliphatic rings. The number of hydrogen-bond donors (Lipinski definition) is 3. The number of phenolic OH excluding ortho intramolecular Hbond substituents is 2. The number of carbonyl (C=O) groups excluding carboxylic acids is 1. The third kappa shape index (κ3) is 2.86. The van der Waals surface area contributed by atoms with Gasteiger partial charge in [-0.15, -0.1) is 0 Å². The van der Waals surface area contributed by atoms with Gasteiger partial charge in [0, 0.05) is 16.7 Å². The first-order valence-corrected chi connectivity index (χ1v) is 9.79. The van der Waals surface area contributed by atoms with Gasteiger partial charge in [0.15, 0.2) is 5.60 Å². The van der Waals surface area contributed by atoms with E-state index in [1.54, 1.807) is 38.1 Å². The van der Waals surface area contributed by atoms with E-state index in [2.05, 4.69) is 0 Å². The van der Waals surface area contributed by atoms with Crippen molar-refractivity contribution in [3.05, 3.63) is 92.5 Å². The fourth-order valence-corrected chi connectivity index (χ4v) is 4.47. The molecule has 0 aliphatic carbocycles. The summed E-state index contributed by atoms with van der Waals surface area (Å²) >= 11 is 0. The third-order valence-electron chi connectivity index (χ3n) is 5.97. The highest BCUT2D eigenvalue weighted by Gasteiger charge is 2.51. The summed E-state index contributed by atoms with van der Waals surface area (Å²) in [5.74, 6) is -1.97. The van der Waals surface area contributed by atoms with Crippen molar-refractivity contribution in [1.29, 1.82) is 0 Å². The molecule has 0 bridgehead atoms. The Morgan fingerprint density at radius 3 is 1.81 bits per heavy atom. The van der Waals surface area contributed by atoms with Crippen molar-refractivity contribution in [2.24, 2.45) is 0 Å². The second-order valence-corrected chi connectivity index (χ2v) is 8.01. The summed E-state index contributed by atoms with van der Waals surface area (Å²) in [6.07, 6.45) is 0. The van der Waals surface area contributed by atoms with Gasteiger partial charge in [-0.3, -0.25) is 0 Å². The number of aryl methyl sites for hydroxylation is 4. The topological polar surface area (TPSA) is 104 Å². The fourth-order valence-electron chi connectivity index (χ4n) is 4.47. The number of benzene rings is 3. The van der Waals surface area contributed by atoms with Crippen LogP contribution in [-0.2, 0) is 10.3 Å². The zero-order valence-corrected chi connectivity index (χ0v) is 17.6. The molecule has 4 rings (SSSR count). The Morgan fingerprint density at radius 1 is 0.806 bits per heavy atom. The lowest BCUT2D eigenvalue weighted by molar-refractivity contribution is 0.0244. The van der Waals surface area contributed by atoms with Gasteiger partial charge in [0.1, 0.15) is 11.5 Å². The summed E-state index contributed by atoms with van der Waals surface area (Å²) in [6, 6.07) is 11.2. The van der Waals surface area contributed by atoms with Crippen LogP contribution in [0.15, 0.2) is 42.5 Å². The number of cyclic esters (lactones) is 1. The van der Waals surface area contributed by atoms with Gasteiger partial charge in [-0.05, 0) is 68.1 Å². The molecule has 0 amide bonds. The van der Waals surface area contributed by atoms with Crippen LogP contribution < -0.4 is 0 Å². The minimum absolute atomic E-state index is 0.0212. The van der Waals surface area contributed by atoms with E-state index in [9.17, 15) is 24.9 Å². The van der Waals surface area contributed by atoms with Crippen molar-refractivity contribution < 1.29 is 29.6 Å². The number of carbonyl (C=O) groups is 2. The van der Waals surface area contributed by atoms with Crippen LogP contribution in [0, 0.1) is 27.7 Å². The van der Waals surface area contributed by atoms with Crippen LogP contribution in [0.25, 0.3) is 0 Å². The molecular formula is C25H22O6. The molecule has 0 unspecified atom stereocenters. The summed E-state index contributed by atoms with van der Waals surface area (Å²) in [7, 11) is 0. The Kier molecular flexibility index (Phi) is 4.54. The molecule has 3 N–H and O–H groups in total. The van der Waals surface area contributed by atoms with E-state index in [0.29, 0.717) is 27.8 Å². The number of aromatic carboxylic acids is 1. The molecule has 0 spiro atoms. The zero-order valence-electron chi connectivity index (χ0n) is 17.6. The maximum absolute atomic E-state index is 13.1. The average molecular weight is 418 g/mol. The molecule has 0 saturated carbocycles. The SMILES string of the molecule is Cc1cc(C)c(C2(c3cc(O)c(C)cc3C)OC(=O)c3c(C(=O)O)cccc32)cc1O. The Labute approximate surface area is 179 Å². The monoisotopic (exact) mass is 418 g/mol. The molecule has 1 aliphatic heterocycles. The first kappa shape index (κ1) is 20.5. The molecule has 158 valence electrons. The number of esters is 1. The van der Waals surface area contributed by atoms with E-state index in [1.165, 1.54) is 18.2 Å². The first-order valence-electron chi connectivity index (χ1n) is 9.79. The van der Waals surface area contributed by atoms with Crippen molar-refractivity contribution in [3.8, 4) is 11.5 Å². The van der Waals surface area contributed by atoms with Crippen LogP contribution in [0.1, 0.15) is 59.7 Å². The second kappa shape index (κ2) is 6.87. The predicted octanol–water partition coefficient (Wildman–Crippen LogP) is 4.49. The van der Waals surface area contributed by atoms with Gasteiger partial charge >= 0.3 is 11.9 Å². The number of ether oxygens (including phenoxy) is 1. The third-order valence-corrected chi connectivity index (χ3v) is 5.97. The van der Waals surface area contributed by atoms with Crippen molar-refractivity contribution in [3.63, 3.8) is 0 Å². The van der Waals surface area contributed by atoms with Crippen LogP contribution in [0.2, 0.25) is 0 Å². The maximum Gasteiger partial charge on any atom is 0.341 e. The van der Waals surface area contributed by atoms with Crippen molar-refractivity contribution >= 4 is 11.9 Å².